The van der Waals surface area contributed by atoms with Gasteiger partial charge < -0.3 is 9.84 Å². The minimum absolute atomic E-state index is 0.173. The third kappa shape index (κ3) is 4.28. The second kappa shape index (κ2) is 7.69. The van der Waals surface area contributed by atoms with Gasteiger partial charge in [-0.2, -0.15) is 0 Å². The summed E-state index contributed by atoms with van der Waals surface area (Å²) in [5.74, 6) is -0.143. The lowest BCUT2D eigenvalue weighted by molar-refractivity contribution is 0.0696. The highest BCUT2D eigenvalue weighted by molar-refractivity contribution is 6.32. The molecule has 1 saturated heterocycles. The van der Waals surface area contributed by atoms with Crippen molar-refractivity contribution in [2.45, 2.75) is 25.5 Å². The van der Waals surface area contributed by atoms with Gasteiger partial charge in [0.1, 0.15) is 11.9 Å². The number of ether oxygens (including phenoxy) is 1. The standard InChI is InChI=1S/C19H20ClNO3/c20-17-6-1-2-7-18(17)24-16-8-10-21(11-9-16)13-14-4-3-5-15(12-14)19(22)23/h1-7,12,16H,8-11,13H2,(H,22,23). The molecule has 0 radical (unpaired) electrons. The third-order valence-electron chi connectivity index (χ3n) is 4.25. The average Bonchev–Trinajstić information content (AvgIpc) is 2.59. The number of para-hydroxylation sites is 1. The Morgan fingerprint density at radius 1 is 1.17 bits per heavy atom. The molecule has 126 valence electrons. The first-order chi connectivity index (χ1) is 11.6. The van der Waals surface area contributed by atoms with Crippen LogP contribution in [0.15, 0.2) is 48.5 Å². The van der Waals surface area contributed by atoms with Crippen LogP contribution in [0.25, 0.3) is 0 Å². The highest BCUT2D eigenvalue weighted by atomic mass is 35.5. The van der Waals surface area contributed by atoms with E-state index in [2.05, 4.69) is 4.90 Å². The molecule has 1 fully saturated rings. The number of halogens is 1. The van der Waals surface area contributed by atoms with Crippen LogP contribution in [0.5, 0.6) is 5.75 Å². The third-order valence-corrected chi connectivity index (χ3v) is 4.56. The molecule has 0 aliphatic carbocycles. The van der Waals surface area contributed by atoms with Gasteiger partial charge in [-0.1, -0.05) is 35.9 Å². The molecule has 2 aromatic rings. The number of carboxylic acid groups (broad SMARTS) is 1. The second-order valence-corrected chi connectivity index (χ2v) is 6.44. The molecule has 2 aromatic carbocycles. The molecule has 0 aromatic heterocycles. The number of carboxylic acids is 1. The summed E-state index contributed by atoms with van der Waals surface area (Å²) < 4.78 is 6.00. The number of hydrogen-bond acceptors (Lipinski definition) is 3. The molecule has 0 spiro atoms. The van der Waals surface area contributed by atoms with E-state index in [1.54, 1.807) is 18.2 Å². The molecule has 0 amide bonds. The number of likely N-dealkylation sites (tertiary alicyclic amines) is 1. The van der Waals surface area contributed by atoms with Crippen molar-refractivity contribution in [2.75, 3.05) is 13.1 Å². The topological polar surface area (TPSA) is 49.8 Å². The van der Waals surface area contributed by atoms with Crippen molar-refractivity contribution in [3.8, 4) is 5.75 Å². The van der Waals surface area contributed by atoms with Crippen LogP contribution in [-0.2, 0) is 6.54 Å². The molecule has 1 aliphatic rings. The Bertz CT molecular complexity index is 711. The van der Waals surface area contributed by atoms with Gasteiger partial charge in [-0.05, 0) is 42.7 Å². The molecule has 5 heteroatoms. The summed E-state index contributed by atoms with van der Waals surface area (Å²) in [5.41, 5.74) is 1.37. The van der Waals surface area contributed by atoms with Crippen molar-refractivity contribution in [3.05, 3.63) is 64.7 Å². The molecule has 1 heterocycles. The molecule has 0 unspecified atom stereocenters. The molecule has 24 heavy (non-hydrogen) atoms. The second-order valence-electron chi connectivity index (χ2n) is 6.03. The zero-order chi connectivity index (χ0) is 16.9. The van der Waals surface area contributed by atoms with Crippen LogP contribution in [0.1, 0.15) is 28.8 Å². The van der Waals surface area contributed by atoms with E-state index < -0.39 is 5.97 Å². The first-order valence-corrected chi connectivity index (χ1v) is 8.45. The van der Waals surface area contributed by atoms with Crippen molar-refractivity contribution in [3.63, 3.8) is 0 Å². The van der Waals surface area contributed by atoms with Crippen LogP contribution in [0.4, 0.5) is 0 Å². The molecule has 0 bridgehead atoms. The molecular formula is C19H20ClNO3. The molecule has 3 rings (SSSR count). The van der Waals surface area contributed by atoms with E-state index in [9.17, 15) is 4.79 Å². The van der Waals surface area contributed by atoms with E-state index in [0.717, 1.165) is 43.8 Å². The molecule has 1 aliphatic heterocycles. The zero-order valence-electron chi connectivity index (χ0n) is 13.3. The van der Waals surface area contributed by atoms with E-state index >= 15 is 0 Å². The summed E-state index contributed by atoms with van der Waals surface area (Å²) in [6.45, 7) is 2.61. The number of nitrogens with zero attached hydrogens (tertiary/aromatic N) is 1. The summed E-state index contributed by atoms with van der Waals surface area (Å²) in [4.78, 5) is 13.4. The summed E-state index contributed by atoms with van der Waals surface area (Å²) in [6.07, 6.45) is 2.04. The Hall–Kier alpha value is -2.04. The number of carbonyl (C=O) groups is 1. The van der Waals surface area contributed by atoms with Crippen LogP contribution >= 0.6 is 11.6 Å². The SMILES string of the molecule is O=C(O)c1cccc(CN2CCC(Oc3ccccc3Cl)CC2)c1. The maximum atomic E-state index is 11.0. The minimum atomic E-state index is -0.885. The fraction of sp³-hybridized carbons (Fsp3) is 0.316. The predicted molar refractivity (Wildman–Crippen MR) is 93.8 cm³/mol. The molecule has 1 N–H and O–H groups in total. The lowest BCUT2D eigenvalue weighted by atomic mass is 10.1. The highest BCUT2D eigenvalue weighted by Crippen LogP contribution is 2.27. The van der Waals surface area contributed by atoms with Gasteiger partial charge in [0.05, 0.1) is 10.6 Å². The van der Waals surface area contributed by atoms with Crippen molar-refractivity contribution in [1.29, 1.82) is 0 Å². The van der Waals surface area contributed by atoms with Gasteiger partial charge in [-0.15, -0.1) is 0 Å². The van der Waals surface area contributed by atoms with Crippen LogP contribution < -0.4 is 4.74 Å². The van der Waals surface area contributed by atoms with Gasteiger partial charge in [0.15, 0.2) is 0 Å². The molecule has 4 nitrogen and oxygen atoms in total. The fourth-order valence-electron chi connectivity index (χ4n) is 2.97. The number of hydrogen-bond donors (Lipinski definition) is 1. The summed E-state index contributed by atoms with van der Waals surface area (Å²) >= 11 is 6.14. The van der Waals surface area contributed by atoms with Crippen LogP contribution in [0.3, 0.4) is 0 Å². The summed E-state index contributed by atoms with van der Waals surface area (Å²) in [7, 11) is 0. The zero-order valence-corrected chi connectivity index (χ0v) is 14.1. The minimum Gasteiger partial charge on any atom is -0.489 e. The van der Waals surface area contributed by atoms with Crippen LogP contribution in [-0.4, -0.2) is 35.2 Å². The quantitative estimate of drug-likeness (QED) is 0.887. The number of rotatable bonds is 5. The van der Waals surface area contributed by atoms with E-state index in [4.69, 9.17) is 21.4 Å². The normalized spacial score (nSPS) is 16.0. The predicted octanol–water partition coefficient (Wildman–Crippen LogP) is 4.08. The highest BCUT2D eigenvalue weighted by Gasteiger charge is 2.21. The van der Waals surface area contributed by atoms with E-state index in [1.165, 1.54) is 0 Å². The Kier molecular flexibility index (Phi) is 5.38. The van der Waals surface area contributed by atoms with Crippen LogP contribution in [0, 0.1) is 0 Å². The van der Waals surface area contributed by atoms with Gasteiger partial charge in [0.25, 0.3) is 0 Å². The lowest BCUT2D eigenvalue weighted by Gasteiger charge is -2.32. The Balaban J connectivity index is 1.53. The number of aromatic carboxylic acids is 1. The van der Waals surface area contributed by atoms with Crippen LogP contribution in [0.2, 0.25) is 5.02 Å². The lowest BCUT2D eigenvalue weighted by Crippen LogP contribution is -2.37. The maximum absolute atomic E-state index is 11.0. The summed E-state index contributed by atoms with van der Waals surface area (Å²) in [6, 6.07) is 14.7. The van der Waals surface area contributed by atoms with Gasteiger partial charge in [-0.3, -0.25) is 4.90 Å². The first kappa shape index (κ1) is 16.8. The molecular weight excluding hydrogens is 326 g/mol. The van der Waals surface area contributed by atoms with E-state index in [-0.39, 0.29) is 6.10 Å². The largest absolute Gasteiger partial charge is 0.489 e. The van der Waals surface area contributed by atoms with Crippen molar-refractivity contribution in [1.82, 2.24) is 4.90 Å². The van der Waals surface area contributed by atoms with Crippen molar-refractivity contribution in [2.24, 2.45) is 0 Å². The van der Waals surface area contributed by atoms with Gasteiger partial charge in [-0.25, -0.2) is 4.79 Å². The monoisotopic (exact) mass is 345 g/mol. The Morgan fingerprint density at radius 2 is 1.92 bits per heavy atom. The van der Waals surface area contributed by atoms with Crippen molar-refractivity contribution >= 4 is 17.6 Å². The van der Waals surface area contributed by atoms with Gasteiger partial charge >= 0.3 is 5.97 Å². The van der Waals surface area contributed by atoms with Gasteiger partial charge in [0.2, 0.25) is 0 Å². The maximum Gasteiger partial charge on any atom is 0.335 e. The first-order valence-electron chi connectivity index (χ1n) is 8.07. The average molecular weight is 346 g/mol. The summed E-state index contributed by atoms with van der Waals surface area (Å²) in [5, 5.41) is 9.72. The smallest absolute Gasteiger partial charge is 0.335 e. The Labute approximate surface area is 146 Å². The number of benzene rings is 2. The Morgan fingerprint density at radius 3 is 2.62 bits per heavy atom. The molecule has 0 atom stereocenters. The molecule has 0 saturated carbocycles. The van der Waals surface area contributed by atoms with E-state index in [0.29, 0.717) is 10.6 Å². The van der Waals surface area contributed by atoms with E-state index in [1.807, 2.05) is 30.3 Å². The van der Waals surface area contributed by atoms with Crippen molar-refractivity contribution < 1.29 is 14.6 Å². The fourth-order valence-corrected chi connectivity index (χ4v) is 3.15. The number of piperidine rings is 1. The van der Waals surface area contributed by atoms with Gasteiger partial charge in [0, 0.05) is 19.6 Å².